The van der Waals surface area contributed by atoms with Gasteiger partial charge in [-0.2, -0.15) is 0 Å². The standard InChI is InChI=1S/C10H13ClN2O2/c1-7(5-10(14)15)12-13-9-4-2-3-8(11)6-9/h2-4,6-7,12-13H,5H2,1H3,(H,14,15). The van der Waals surface area contributed by atoms with Crippen LogP contribution in [0.5, 0.6) is 0 Å². The normalized spacial score (nSPS) is 12.1. The number of nitrogens with one attached hydrogen (secondary N) is 2. The average molecular weight is 229 g/mol. The Morgan fingerprint density at radius 1 is 1.60 bits per heavy atom. The number of hydrogen-bond acceptors (Lipinski definition) is 3. The lowest BCUT2D eigenvalue weighted by atomic mass is 10.2. The molecule has 0 bridgehead atoms. The molecule has 0 radical (unpaired) electrons. The molecule has 3 N–H and O–H groups in total. The molecule has 0 aromatic heterocycles. The third-order valence-corrected chi connectivity index (χ3v) is 2.00. The van der Waals surface area contributed by atoms with Crippen molar-refractivity contribution < 1.29 is 9.90 Å². The Kier molecular flexibility index (Phi) is 4.39. The predicted octanol–water partition coefficient (Wildman–Crippen LogP) is 2.12. The van der Waals surface area contributed by atoms with Crippen LogP contribution in [0, 0.1) is 0 Å². The summed E-state index contributed by atoms with van der Waals surface area (Å²) in [5.74, 6) is -0.831. The number of rotatable bonds is 5. The fourth-order valence-corrected chi connectivity index (χ4v) is 1.28. The van der Waals surface area contributed by atoms with Gasteiger partial charge in [-0.05, 0) is 25.1 Å². The zero-order valence-electron chi connectivity index (χ0n) is 8.33. The molecule has 0 fully saturated rings. The Labute approximate surface area is 93.2 Å². The van der Waals surface area contributed by atoms with E-state index < -0.39 is 5.97 Å². The molecule has 0 spiro atoms. The van der Waals surface area contributed by atoms with Crippen LogP contribution in [0.1, 0.15) is 13.3 Å². The summed E-state index contributed by atoms with van der Waals surface area (Å²) in [5.41, 5.74) is 6.57. The van der Waals surface area contributed by atoms with E-state index in [1.807, 2.05) is 12.1 Å². The van der Waals surface area contributed by atoms with Crippen molar-refractivity contribution in [3.8, 4) is 0 Å². The van der Waals surface area contributed by atoms with Crippen molar-refractivity contribution in [3.05, 3.63) is 29.3 Å². The molecule has 0 saturated heterocycles. The molecular weight excluding hydrogens is 216 g/mol. The fraction of sp³-hybridized carbons (Fsp3) is 0.300. The Morgan fingerprint density at radius 3 is 2.93 bits per heavy atom. The SMILES string of the molecule is CC(CC(=O)O)NNc1cccc(Cl)c1. The van der Waals surface area contributed by atoms with Crippen molar-refractivity contribution in [3.63, 3.8) is 0 Å². The molecule has 0 aliphatic rings. The number of aliphatic carboxylic acids is 1. The highest BCUT2D eigenvalue weighted by molar-refractivity contribution is 6.30. The minimum atomic E-state index is -0.831. The van der Waals surface area contributed by atoms with Gasteiger partial charge in [0.15, 0.2) is 0 Å². The third kappa shape index (κ3) is 4.67. The Hall–Kier alpha value is -1.26. The molecule has 0 aliphatic heterocycles. The largest absolute Gasteiger partial charge is 0.481 e. The van der Waals surface area contributed by atoms with Gasteiger partial charge >= 0.3 is 5.97 Å². The third-order valence-electron chi connectivity index (χ3n) is 1.77. The molecular formula is C10H13ClN2O2. The summed E-state index contributed by atoms with van der Waals surface area (Å²) in [5, 5.41) is 9.17. The van der Waals surface area contributed by atoms with Crippen LogP contribution < -0.4 is 10.9 Å². The lowest BCUT2D eigenvalue weighted by molar-refractivity contribution is -0.137. The van der Waals surface area contributed by atoms with E-state index in [-0.39, 0.29) is 12.5 Å². The monoisotopic (exact) mass is 228 g/mol. The maximum Gasteiger partial charge on any atom is 0.304 e. The molecule has 1 rings (SSSR count). The molecule has 0 aliphatic carbocycles. The van der Waals surface area contributed by atoms with E-state index in [2.05, 4.69) is 10.9 Å². The first-order valence-corrected chi connectivity index (χ1v) is 4.94. The van der Waals surface area contributed by atoms with Gasteiger partial charge in [0.2, 0.25) is 0 Å². The van der Waals surface area contributed by atoms with Crippen LogP contribution >= 0.6 is 11.6 Å². The number of halogens is 1. The first-order chi connectivity index (χ1) is 7.08. The highest BCUT2D eigenvalue weighted by Gasteiger charge is 2.05. The van der Waals surface area contributed by atoms with Crippen molar-refractivity contribution >= 4 is 23.3 Å². The van der Waals surface area contributed by atoms with Crippen LogP contribution in [-0.2, 0) is 4.79 Å². The van der Waals surface area contributed by atoms with Crippen LogP contribution in [0.4, 0.5) is 5.69 Å². The molecule has 15 heavy (non-hydrogen) atoms. The first kappa shape index (κ1) is 11.8. The maximum absolute atomic E-state index is 10.4. The summed E-state index contributed by atoms with van der Waals surface area (Å²) in [6.45, 7) is 1.78. The van der Waals surface area contributed by atoms with E-state index in [0.717, 1.165) is 5.69 Å². The van der Waals surface area contributed by atoms with E-state index >= 15 is 0 Å². The quantitative estimate of drug-likeness (QED) is 0.676. The van der Waals surface area contributed by atoms with Crippen molar-refractivity contribution in [2.24, 2.45) is 0 Å². The smallest absolute Gasteiger partial charge is 0.304 e. The topological polar surface area (TPSA) is 61.4 Å². The van der Waals surface area contributed by atoms with Crippen LogP contribution in [0.2, 0.25) is 5.02 Å². The van der Waals surface area contributed by atoms with Crippen molar-refractivity contribution in [2.45, 2.75) is 19.4 Å². The van der Waals surface area contributed by atoms with Crippen molar-refractivity contribution in [2.75, 3.05) is 5.43 Å². The van der Waals surface area contributed by atoms with Crippen LogP contribution in [0.3, 0.4) is 0 Å². The second-order valence-electron chi connectivity index (χ2n) is 3.28. The molecule has 1 atom stereocenters. The Balaban J connectivity index is 2.40. The molecule has 0 heterocycles. The van der Waals surface area contributed by atoms with Crippen LogP contribution in [0.15, 0.2) is 24.3 Å². The van der Waals surface area contributed by atoms with E-state index in [1.54, 1.807) is 19.1 Å². The molecule has 4 nitrogen and oxygen atoms in total. The van der Waals surface area contributed by atoms with E-state index in [4.69, 9.17) is 16.7 Å². The number of carboxylic acid groups (broad SMARTS) is 1. The summed E-state index contributed by atoms with van der Waals surface area (Å²) >= 11 is 5.78. The average Bonchev–Trinajstić information content (AvgIpc) is 2.14. The van der Waals surface area contributed by atoms with Crippen molar-refractivity contribution in [1.29, 1.82) is 0 Å². The van der Waals surface area contributed by atoms with Gasteiger partial charge in [0.1, 0.15) is 0 Å². The van der Waals surface area contributed by atoms with Gasteiger partial charge in [-0.15, -0.1) is 0 Å². The highest BCUT2D eigenvalue weighted by atomic mass is 35.5. The maximum atomic E-state index is 10.4. The Bertz CT molecular complexity index is 344. The summed E-state index contributed by atoms with van der Waals surface area (Å²) < 4.78 is 0. The number of anilines is 1. The minimum Gasteiger partial charge on any atom is -0.481 e. The highest BCUT2D eigenvalue weighted by Crippen LogP contribution is 2.13. The van der Waals surface area contributed by atoms with Gasteiger partial charge in [-0.1, -0.05) is 17.7 Å². The van der Waals surface area contributed by atoms with Gasteiger partial charge in [0, 0.05) is 11.1 Å². The minimum absolute atomic E-state index is 0.0631. The summed E-state index contributed by atoms with van der Waals surface area (Å²) in [6.07, 6.45) is 0.0631. The van der Waals surface area contributed by atoms with Gasteiger partial charge in [0.05, 0.1) is 12.1 Å². The summed E-state index contributed by atoms with van der Waals surface area (Å²) in [4.78, 5) is 10.4. The van der Waals surface area contributed by atoms with E-state index in [1.165, 1.54) is 0 Å². The van der Waals surface area contributed by atoms with Gasteiger partial charge in [-0.3, -0.25) is 4.79 Å². The number of hydrazine groups is 1. The molecule has 1 aromatic carbocycles. The summed E-state index contributed by atoms with van der Waals surface area (Å²) in [7, 11) is 0. The number of carboxylic acids is 1. The number of hydrogen-bond donors (Lipinski definition) is 3. The van der Waals surface area contributed by atoms with E-state index in [9.17, 15) is 4.79 Å². The van der Waals surface area contributed by atoms with Gasteiger partial charge in [0.25, 0.3) is 0 Å². The van der Waals surface area contributed by atoms with Crippen LogP contribution in [0.25, 0.3) is 0 Å². The van der Waals surface area contributed by atoms with E-state index in [0.29, 0.717) is 5.02 Å². The van der Waals surface area contributed by atoms with Crippen LogP contribution in [-0.4, -0.2) is 17.1 Å². The molecule has 82 valence electrons. The zero-order chi connectivity index (χ0) is 11.3. The zero-order valence-corrected chi connectivity index (χ0v) is 9.08. The Morgan fingerprint density at radius 2 is 2.33 bits per heavy atom. The fourth-order valence-electron chi connectivity index (χ4n) is 1.09. The lowest BCUT2D eigenvalue weighted by Gasteiger charge is -2.13. The second-order valence-corrected chi connectivity index (χ2v) is 3.72. The second kappa shape index (κ2) is 5.58. The summed E-state index contributed by atoms with van der Waals surface area (Å²) in [6, 6.07) is 7.03. The molecule has 0 amide bonds. The van der Waals surface area contributed by atoms with Crippen molar-refractivity contribution in [1.82, 2.24) is 5.43 Å². The molecule has 5 heteroatoms. The number of benzene rings is 1. The van der Waals surface area contributed by atoms with Gasteiger partial charge < -0.3 is 10.5 Å². The molecule has 1 unspecified atom stereocenters. The predicted molar refractivity (Wildman–Crippen MR) is 59.9 cm³/mol. The first-order valence-electron chi connectivity index (χ1n) is 4.57. The van der Waals surface area contributed by atoms with Gasteiger partial charge in [-0.25, -0.2) is 5.43 Å². The molecule has 1 aromatic rings. The lowest BCUT2D eigenvalue weighted by Crippen LogP contribution is -2.33. The number of carbonyl (C=O) groups is 1. The molecule has 0 saturated carbocycles.